The van der Waals surface area contributed by atoms with E-state index in [9.17, 15) is 0 Å². The Hall–Kier alpha value is -2.34. The fourth-order valence-electron chi connectivity index (χ4n) is 4.14. The summed E-state index contributed by atoms with van der Waals surface area (Å²) in [4.78, 5) is 9.29. The first kappa shape index (κ1) is 28.9. The number of anilines is 1. The molecule has 0 radical (unpaired) electrons. The standard InChI is InChI=1S/C29H44ClN5/c1-6-12-24(3)27(7-2)31-16-10-21-34(4)19-8-9-20-35(5)22-11-17-32-28-15-18-33-29-23-25(30)13-14-26(28)29/h6-7,12-15,18,23,31H,1,8-11,16-17,19-22H2,2-5H3,(H,32,33)/b24-12+,27-7+. The van der Waals surface area contributed by atoms with E-state index in [1.807, 2.05) is 42.6 Å². The summed E-state index contributed by atoms with van der Waals surface area (Å²) < 4.78 is 0. The van der Waals surface area contributed by atoms with Crippen molar-refractivity contribution < 1.29 is 0 Å². The van der Waals surface area contributed by atoms with Crippen molar-refractivity contribution in [3.8, 4) is 0 Å². The summed E-state index contributed by atoms with van der Waals surface area (Å²) in [5.41, 5.74) is 4.48. The number of halogens is 1. The monoisotopic (exact) mass is 497 g/mol. The second-order valence-electron chi connectivity index (χ2n) is 9.18. The summed E-state index contributed by atoms with van der Waals surface area (Å²) in [6.45, 7) is 14.4. The zero-order valence-corrected chi connectivity index (χ0v) is 22.9. The van der Waals surface area contributed by atoms with E-state index in [-0.39, 0.29) is 0 Å². The summed E-state index contributed by atoms with van der Waals surface area (Å²) in [6, 6.07) is 7.90. The highest BCUT2D eigenvalue weighted by molar-refractivity contribution is 6.31. The van der Waals surface area contributed by atoms with Gasteiger partial charge in [0.15, 0.2) is 0 Å². The Morgan fingerprint density at radius 3 is 2.31 bits per heavy atom. The van der Waals surface area contributed by atoms with Crippen molar-refractivity contribution in [2.24, 2.45) is 0 Å². The summed E-state index contributed by atoms with van der Waals surface area (Å²) in [5.74, 6) is 0. The molecule has 0 unspecified atom stereocenters. The van der Waals surface area contributed by atoms with Crippen LogP contribution in [0.5, 0.6) is 0 Å². The van der Waals surface area contributed by atoms with Crippen LogP contribution in [0, 0.1) is 0 Å². The molecular weight excluding hydrogens is 454 g/mol. The maximum atomic E-state index is 6.09. The first-order valence-electron chi connectivity index (χ1n) is 12.8. The highest BCUT2D eigenvalue weighted by Crippen LogP contribution is 2.24. The molecule has 5 nitrogen and oxygen atoms in total. The number of pyridine rings is 1. The van der Waals surface area contributed by atoms with E-state index in [2.05, 4.69) is 66.0 Å². The first-order chi connectivity index (χ1) is 16.9. The van der Waals surface area contributed by atoms with E-state index in [1.54, 1.807) is 0 Å². The third kappa shape index (κ3) is 10.9. The molecule has 0 spiro atoms. The highest BCUT2D eigenvalue weighted by atomic mass is 35.5. The number of nitrogens with zero attached hydrogens (tertiary/aromatic N) is 3. The Labute approximate surface area is 217 Å². The van der Waals surface area contributed by atoms with Crippen LogP contribution in [0.2, 0.25) is 5.02 Å². The lowest BCUT2D eigenvalue weighted by Gasteiger charge is -2.20. The van der Waals surface area contributed by atoms with Crippen molar-refractivity contribution in [1.29, 1.82) is 0 Å². The molecule has 1 aromatic carbocycles. The maximum Gasteiger partial charge on any atom is 0.0737 e. The van der Waals surface area contributed by atoms with Crippen LogP contribution in [0.1, 0.15) is 39.5 Å². The third-order valence-electron chi connectivity index (χ3n) is 6.18. The van der Waals surface area contributed by atoms with Gasteiger partial charge in [0.25, 0.3) is 0 Å². The van der Waals surface area contributed by atoms with E-state index in [0.717, 1.165) is 73.7 Å². The Morgan fingerprint density at radius 2 is 1.66 bits per heavy atom. The van der Waals surface area contributed by atoms with Gasteiger partial charge in [-0.2, -0.15) is 0 Å². The molecule has 1 aromatic heterocycles. The van der Waals surface area contributed by atoms with Crippen molar-refractivity contribution in [2.75, 3.05) is 58.7 Å². The second-order valence-corrected chi connectivity index (χ2v) is 9.62. The number of allylic oxidation sites excluding steroid dienone is 4. The van der Waals surface area contributed by atoms with Crippen molar-refractivity contribution in [2.45, 2.75) is 39.5 Å². The lowest BCUT2D eigenvalue weighted by molar-refractivity contribution is 0.290. The number of unbranched alkanes of at least 4 members (excludes halogenated alkanes) is 1. The molecule has 2 aromatic rings. The number of hydrogen-bond acceptors (Lipinski definition) is 5. The minimum Gasteiger partial charge on any atom is -0.385 e. The Bertz CT molecular complexity index is 969. The van der Waals surface area contributed by atoms with Crippen LogP contribution < -0.4 is 10.6 Å². The van der Waals surface area contributed by atoms with Crippen LogP contribution in [-0.4, -0.2) is 68.1 Å². The zero-order valence-electron chi connectivity index (χ0n) is 22.1. The Morgan fingerprint density at radius 1 is 1.00 bits per heavy atom. The smallest absolute Gasteiger partial charge is 0.0737 e. The average molecular weight is 498 g/mol. The van der Waals surface area contributed by atoms with Gasteiger partial charge in [0.1, 0.15) is 0 Å². The zero-order chi connectivity index (χ0) is 25.5. The maximum absolute atomic E-state index is 6.09. The number of nitrogens with one attached hydrogen (secondary N) is 2. The fourth-order valence-corrected chi connectivity index (χ4v) is 4.31. The summed E-state index contributed by atoms with van der Waals surface area (Å²) in [5, 5.41) is 8.93. The topological polar surface area (TPSA) is 43.4 Å². The van der Waals surface area contributed by atoms with Gasteiger partial charge in [0.2, 0.25) is 0 Å². The molecule has 0 amide bonds. The molecule has 2 N–H and O–H groups in total. The van der Waals surface area contributed by atoms with E-state index >= 15 is 0 Å². The van der Waals surface area contributed by atoms with Crippen LogP contribution in [-0.2, 0) is 0 Å². The second kappa shape index (κ2) is 16.4. The summed E-state index contributed by atoms with van der Waals surface area (Å²) >= 11 is 6.09. The van der Waals surface area contributed by atoms with Crippen LogP contribution in [0.15, 0.2) is 66.5 Å². The van der Waals surface area contributed by atoms with Crippen LogP contribution in [0.3, 0.4) is 0 Å². The number of fused-ring (bicyclic) bond motifs is 1. The fraction of sp³-hybridized carbons (Fsp3) is 0.483. The van der Waals surface area contributed by atoms with Gasteiger partial charge in [-0.15, -0.1) is 0 Å². The number of aromatic nitrogens is 1. The number of hydrogen-bond donors (Lipinski definition) is 2. The van der Waals surface area contributed by atoms with E-state index in [4.69, 9.17) is 11.6 Å². The van der Waals surface area contributed by atoms with Crippen LogP contribution in [0.25, 0.3) is 10.9 Å². The molecule has 0 saturated carbocycles. The van der Waals surface area contributed by atoms with E-state index in [1.165, 1.54) is 24.1 Å². The molecule has 1 heterocycles. The van der Waals surface area contributed by atoms with Gasteiger partial charge in [0, 0.05) is 41.1 Å². The molecule has 35 heavy (non-hydrogen) atoms. The highest BCUT2D eigenvalue weighted by Gasteiger charge is 2.04. The Balaban J connectivity index is 1.53. The third-order valence-corrected chi connectivity index (χ3v) is 6.42. The lowest BCUT2D eigenvalue weighted by Crippen LogP contribution is -2.26. The predicted molar refractivity (Wildman–Crippen MR) is 154 cm³/mol. The lowest BCUT2D eigenvalue weighted by atomic mass is 10.2. The van der Waals surface area contributed by atoms with Crippen molar-refractivity contribution >= 4 is 28.2 Å². The summed E-state index contributed by atoms with van der Waals surface area (Å²) in [6.07, 6.45) is 12.6. The van der Waals surface area contributed by atoms with Crippen LogP contribution in [0.4, 0.5) is 5.69 Å². The quantitative estimate of drug-likeness (QED) is 0.197. The Kier molecular flexibility index (Phi) is 13.5. The molecule has 192 valence electrons. The number of benzene rings is 1. The first-order valence-corrected chi connectivity index (χ1v) is 13.2. The van der Waals surface area contributed by atoms with Crippen molar-refractivity contribution in [3.63, 3.8) is 0 Å². The molecule has 0 atom stereocenters. The van der Waals surface area contributed by atoms with Crippen molar-refractivity contribution in [1.82, 2.24) is 20.1 Å². The van der Waals surface area contributed by atoms with Gasteiger partial charge in [-0.1, -0.05) is 36.4 Å². The van der Waals surface area contributed by atoms with Gasteiger partial charge in [-0.25, -0.2) is 0 Å². The largest absolute Gasteiger partial charge is 0.385 e. The van der Waals surface area contributed by atoms with Crippen molar-refractivity contribution in [3.05, 3.63) is 71.6 Å². The SMILES string of the molecule is C=C/C=C(C)/C(=C\C)NCCCN(C)CCCCN(C)CCCNc1ccnc2cc(Cl)ccc12. The predicted octanol–water partition coefficient (Wildman–Crippen LogP) is 6.35. The van der Waals surface area contributed by atoms with Gasteiger partial charge in [0.05, 0.1) is 5.52 Å². The molecular formula is C29H44ClN5. The van der Waals surface area contributed by atoms with Crippen LogP contribution >= 0.6 is 11.6 Å². The molecule has 0 bridgehead atoms. The molecule has 2 rings (SSSR count). The molecule has 0 fully saturated rings. The molecule has 6 heteroatoms. The minimum atomic E-state index is 0.720. The normalized spacial score (nSPS) is 12.5. The van der Waals surface area contributed by atoms with Gasteiger partial charge in [-0.3, -0.25) is 4.98 Å². The molecule has 0 saturated heterocycles. The van der Waals surface area contributed by atoms with Gasteiger partial charge in [-0.05, 0) is 110 Å². The molecule has 0 aliphatic heterocycles. The van der Waals surface area contributed by atoms with E-state index < -0.39 is 0 Å². The molecule has 0 aliphatic carbocycles. The van der Waals surface area contributed by atoms with Gasteiger partial charge >= 0.3 is 0 Å². The van der Waals surface area contributed by atoms with E-state index in [0.29, 0.717) is 0 Å². The van der Waals surface area contributed by atoms with Gasteiger partial charge < -0.3 is 20.4 Å². The number of rotatable bonds is 17. The minimum absolute atomic E-state index is 0.720. The molecule has 0 aliphatic rings. The summed E-state index contributed by atoms with van der Waals surface area (Å²) in [7, 11) is 4.45. The average Bonchev–Trinajstić information content (AvgIpc) is 2.84.